The van der Waals surface area contributed by atoms with Crippen molar-refractivity contribution >= 4 is 75.5 Å². The summed E-state index contributed by atoms with van der Waals surface area (Å²) in [4.78, 5) is 61.0. The number of thiazole rings is 1. The normalized spacial score (nSPS) is 21.1. The zero-order valence-corrected chi connectivity index (χ0v) is 21.5. The minimum atomic E-state index is -1.29. The van der Waals surface area contributed by atoms with Crippen LogP contribution in [-0.2, 0) is 19.2 Å². The molecule has 4 heterocycles. The number of nitrogens with two attached hydrogens (primary N) is 1. The van der Waals surface area contributed by atoms with Crippen molar-refractivity contribution in [2.45, 2.75) is 11.4 Å². The van der Waals surface area contributed by atoms with Crippen molar-refractivity contribution < 1.29 is 29.1 Å². The highest BCUT2D eigenvalue weighted by Crippen LogP contribution is 2.41. The number of carbonyl (C=O) groups is 4. The second-order valence-electron chi connectivity index (χ2n) is 7.89. The predicted octanol–water partition coefficient (Wildman–Crippen LogP) is 0.945. The predicted molar refractivity (Wildman–Crippen MR) is 138 cm³/mol. The number of nitrogen functional groups attached to an aromatic ring is 1. The molecule has 0 unspecified atom stereocenters. The molecule has 1 fully saturated rings. The molecule has 0 radical (unpaired) electrons. The van der Waals surface area contributed by atoms with Crippen LogP contribution in [0.2, 0.25) is 0 Å². The molecule has 3 amide bonds. The van der Waals surface area contributed by atoms with Gasteiger partial charge in [-0.05, 0) is 17.7 Å². The van der Waals surface area contributed by atoms with Gasteiger partial charge in [0.15, 0.2) is 10.8 Å². The van der Waals surface area contributed by atoms with Crippen LogP contribution in [0.5, 0.6) is 0 Å². The molecule has 1 saturated heterocycles. The Bertz CT molecular complexity index is 1380. The summed E-state index contributed by atoms with van der Waals surface area (Å²) < 4.78 is 4.48. The van der Waals surface area contributed by atoms with E-state index in [0.717, 1.165) is 28.4 Å². The number of thioether (sulfide) groups is 1. The number of benzene rings is 1. The molecule has 37 heavy (non-hydrogen) atoms. The first-order valence-corrected chi connectivity index (χ1v) is 13.4. The number of carboxylic acids is 1. The number of oxime groups is 1. The lowest BCUT2D eigenvalue weighted by atomic mass is 10.0. The molecule has 2 aromatic rings. The zero-order valence-electron chi connectivity index (χ0n) is 19.0. The zero-order chi connectivity index (χ0) is 26.3. The van der Waals surface area contributed by atoms with Gasteiger partial charge in [0, 0.05) is 11.1 Å². The third-order valence-corrected chi connectivity index (χ3v) is 8.52. The number of nitrogens with one attached hydrogen (secondary N) is 2. The summed E-state index contributed by atoms with van der Waals surface area (Å²) >= 11 is 3.46. The van der Waals surface area contributed by atoms with Crippen molar-refractivity contribution in [1.82, 2.24) is 19.5 Å². The number of hydrogen-bond acceptors (Lipinski definition) is 12. The second-order valence-corrected chi connectivity index (χ2v) is 10.7. The van der Waals surface area contributed by atoms with Gasteiger partial charge in [0.05, 0.1) is 29.9 Å². The first kappa shape index (κ1) is 24.9. The molecule has 0 aliphatic carbocycles. The van der Waals surface area contributed by atoms with Gasteiger partial charge in [0.2, 0.25) is 0 Å². The lowest BCUT2D eigenvalue weighted by molar-refractivity contribution is -0.150. The van der Waals surface area contributed by atoms with E-state index in [0.29, 0.717) is 16.8 Å². The van der Waals surface area contributed by atoms with E-state index in [2.05, 4.69) is 20.2 Å². The number of aliphatic carboxylic acids is 1. The molecule has 0 spiro atoms. The fourth-order valence-corrected chi connectivity index (χ4v) is 6.69. The molecule has 192 valence electrons. The van der Waals surface area contributed by atoms with Crippen LogP contribution in [0.4, 0.5) is 10.8 Å². The van der Waals surface area contributed by atoms with Gasteiger partial charge in [0.25, 0.3) is 17.7 Å². The molecule has 1 aromatic carbocycles. The first-order chi connectivity index (χ1) is 17.8. The topological polar surface area (TPSA) is 180 Å². The van der Waals surface area contributed by atoms with E-state index in [-0.39, 0.29) is 40.4 Å². The van der Waals surface area contributed by atoms with E-state index in [1.54, 1.807) is 24.3 Å². The van der Waals surface area contributed by atoms with Gasteiger partial charge in [0.1, 0.15) is 29.9 Å². The molecule has 3 aliphatic rings. The molecule has 16 heteroatoms. The summed E-state index contributed by atoms with van der Waals surface area (Å²) in [5.41, 5.74) is 7.03. The fraction of sp³-hybridized carbons (Fsp3) is 0.238. The largest absolute Gasteiger partial charge is 0.477 e. The highest BCUT2D eigenvalue weighted by molar-refractivity contribution is 8.00. The third-order valence-electron chi connectivity index (χ3n) is 5.68. The Hall–Kier alpha value is -3.76. The van der Waals surface area contributed by atoms with E-state index >= 15 is 0 Å². The number of fused-ring (bicyclic) bond motifs is 2. The number of β-lactam (4-membered cyclic amide) rings is 1. The van der Waals surface area contributed by atoms with Gasteiger partial charge in [-0.25, -0.2) is 9.78 Å². The Kier molecular flexibility index (Phi) is 6.70. The number of aromatic nitrogens is 1. The Morgan fingerprint density at radius 3 is 2.84 bits per heavy atom. The first-order valence-electron chi connectivity index (χ1n) is 10.7. The molecule has 5 N–H and O–H groups in total. The van der Waals surface area contributed by atoms with Crippen LogP contribution in [0, 0.1) is 0 Å². The van der Waals surface area contributed by atoms with Crippen LogP contribution >= 0.6 is 35.2 Å². The summed E-state index contributed by atoms with van der Waals surface area (Å²) in [6.07, 6.45) is 0. The summed E-state index contributed by atoms with van der Waals surface area (Å²) in [5, 5.41) is 17.4. The van der Waals surface area contributed by atoms with Crippen LogP contribution in [0.15, 0.2) is 46.1 Å². The average molecular weight is 562 g/mol. The summed E-state index contributed by atoms with van der Waals surface area (Å²) in [7, 11) is 1.27. The van der Waals surface area contributed by atoms with Gasteiger partial charge < -0.3 is 25.7 Å². The van der Waals surface area contributed by atoms with Gasteiger partial charge >= 0.3 is 5.97 Å². The number of anilines is 2. The maximum Gasteiger partial charge on any atom is 0.352 e. The number of nitrogens with zero attached hydrogens (tertiary/aromatic N) is 4. The number of hydrogen-bond donors (Lipinski definition) is 4. The van der Waals surface area contributed by atoms with Crippen LogP contribution in [-0.4, -0.2) is 79.5 Å². The van der Waals surface area contributed by atoms with Crippen LogP contribution in [0.3, 0.4) is 0 Å². The van der Waals surface area contributed by atoms with Crippen molar-refractivity contribution in [3.05, 3.63) is 52.2 Å². The number of carboxylic acid groups (broad SMARTS) is 1. The van der Waals surface area contributed by atoms with Crippen LogP contribution in [0.25, 0.3) is 0 Å². The van der Waals surface area contributed by atoms with E-state index in [1.165, 1.54) is 28.6 Å². The second kappa shape index (κ2) is 9.95. The minimum absolute atomic E-state index is 0.00286. The van der Waals surface area contributed by atoms with E-state index in [4.69, 9.17) is 10.6 Å². The van der Waals surface area contributed by atoms with E-state index in [1.807, 2.05) is 0 Å². The quantitative estimate of drug-likeness (QED) is 0.164. The smallest absolute Gasteiger partial charge is 0.352 e. The number of amides is 3. The maximum absolute atomic E-state index is 13.0. The van der Waals surface area contributed by atoms with Crippen molar-refractivity contribution in [1.29, 1.82) is 0 Å². The number of para-hydroxylation sites is 1. The summed E-state index contributed by atoms with van der Waals surface area (Å²) in [5.74, 6) is -2.61. The van der Waals surface area contributed by atoms with Gasteiger partial charge in [-0.2, -0.15) is 0 Å². The highest BCUT2D eigenvalue weighted by atomic mass is 32.2. The molecular weight excluding hydrogens is 542 g/mol. The lowest BCUT2D eigenvalue weighted by Gasteiger charge is -2.49. The Balaban J connectivity index is 1.33. The fourth-order valence-electron chi connectivity index (χ4n) is 4.02. The number of carbonyl (C=O) groups excluding carboxylic acids is 3. The molecule has 13 nitrogen and oxygen atoms in total. The summed E-state index contributed by atoms with van der Waals surface area (Å²) in [6.45, 7) is 0.00286. The third kappa shape index (κ3) is 4.47. The van der Waals surface area contributed by atoms with Gasteiger partial charge in [-0.3, -0.25) is 23.6 Å². The molecule has 0 bridgehead atoms. The molecule has 5 rings (SSSR count). The van der Waals surface area contributed by atoms with Crippen molar-refractivity contribution in [2.75, 3.05) is 29.9 Å². The van der Waals surface area contributed by atoms with E-state index < -0.39 is 29.2 Å². The molecule has 3 aliphatic heterocycles. The molecule has 2 atom stereocenters. The van der Waals surface area contributed by atoms with Crippen molar-refractivity contribution in [2.24, 2.45) is 5.16 Å². The van der Waals surface area contributed by atoms with Crippen molar-refractivity contribution in [3.63, 3.8) is 0 Å². The standard InChI is InChI=1S/C21H19N7O6S3/c1-34-25-13(12-8-36-21(22)23-12)16(29)24-14-18(31)28-15(20(32)33)9(7-35-19(14)28)6-27-17(30)10-4-2-3-5-11(10)26-37-27/h2-5,8,14,19,26H,6-7H2,1H3,(H2,22,23)(H,24,29)(H,32,33)/b25-13-/t14-,19-/m1/s1. The van der Waals surface area contributed by atoms with E-state index in [9.17, 15) is 24.3 Å². The van der Waals surface area contributed by atoms with Crippen LogP contribution in [0.1, 0.15) is 16.1 Å². The Morgan fingerprint density at radius 2 is 2.14 bits per heavy atom. The highest BCUT2D eigenvalue weighted by Gasteiger charge is 2.54. The van der Waals surface area contributed by atoms with Crippen LogP contribution < -0.4 is 15.8 Å². The maximum atomic E-state index is 13.0. The molecule has 0 saturated carbocycles. The number of rotatable bonds is 7. The molecular formula is C21H19N7O6S3. The SMILES string of the molecule is CO/N=C(\C(=O)N[C@@H]1C(=O)N2C(C(=O)O)=C(CN3SNc4ccccc4C3=O)CS[C@H]12)c1csc(N)n1. The summed E-state index contributed by atoms with van der Waals surface area (Å²) in [6, 6.07) is 6.03. The van der Waals surface area contributed by atoms with Crippen molar-refractivity contribution in [3.8, 4) is 0 Å². The monoisotopic (exact) mass is 561 g/mol. The average Bonchev–Trinajstić information content (AvgIpc) is 3.32. The Labute approximate surface area is 222 Å². The minimum Gasteiger partial charge on any atom is -0.477 e. The van der Waals surface area contributed by atoms with Gasteiger partial charge in [-0.15, -0.1) is 23.1 Å². The van der Waals surface area contributed by atoms with Gasteiger partial charge in [-0.1, -0.05) is 17.3 Å². The molecule has 1 aromatic heterocycles. The lowest BCUT2D eigenvalue weighted by Crippen LogP contribution is -2.71. The Morgan fingerprint density at radius 1 is 1.35 bits per heavy atom.